The minimum atomic E-state index is -0.981. The first-order valence-electron chi connectivity index (χ1n) is 5.91. The van der Waals surface area contributed by atoms with E-state index in [1.807, 2.05) is 6.92 Å². The summed E-state index contributed by atoms with van der Waals surface area (Å²) in [4.78, 5) is 20.9. The Labute approximate surface area is 111 Å². The van der Waals surface area contributed by atoms with Gasteiger partial charge < -0.3 is 14.6 Å². The van der Waals surface area contributed by atoms with Crippen LogP contribution in [0.1, 0.15) is 23.7 Å². The lowest BCUT2D eigenvalue weighted by molar-refractivity contribution is -0.131. The minimum absolute atomic E-state index is 0.338. The number of carboxylic acids is 1. The molecule has 19 heavy (non-hydrogen) atoms. The first-order valence-corrected chi connectivity index (χ1v) is 5.91. The van der Waals surface area contributed by atoms with E-state index in [9.17, 15) is 9.59 Å². The van der Waals surface area contributed by atoms with E-state index in [4.69, 9.17) is 14.6 Å². The van der Waals surface area contributed by atoms with Crippen molar-refractivity contribution in [3.8, 4) is 11.5 Å². The van der Waals surface area contributed by atoms with Crippen LogP contribution in [0.4, 0.5) is 0 Å². The van der Waals surface area contributed by atoms with Gasteiger partial charge in [-0.2, -0.15) is 0 Å². The van der Waals surface area contributed by atoms with Gasteiger partial charge in [0.2, 0.25) is 0 Å². The summed E-state index contributed by atoms with van der Waals surface area (Å²) in [5.41, 5.74) is 0.515. The zero-order chi connectivity index (χ0) is 14.1. The Morgan fingerprint density at radius 2 is 2.11 bits per heavy atom. The monoisotopic (exact) mass is 264 g/mol. The number of hydrogen-bond donors (Lipinski definition) is 1. The highest BCUT2D eigenvalue weighted by Crippen LogP contribution is 2.28. The van der Waals surface area contributed by atoms with E-state index in [0.29, 0.717) is 36.7 Å². The van der Waals surface area contributed by atoms with E-state index in [1.165, 1.54) is 6.08 Å². The summed E-state index contributed by atoms with van der Waals surface area (Å²) >= 11 is 0. The number of carbonyl (C=O) groups excluding carboxylic acids is 1. The van der Waals surface area contributed by atoms with Crippen molar-refractivity contribution in [2.45, 2.75) is 13.3 Å². The molecule has 0 saturated heterocycles. The van der Waals surface area contributed by atoms with E-state index >= 15 is 0 Å². The van der Waals surface area contributed by atoms with Crippen LogP contribution in [0.5, 0.6) is 11.5 Å². The molecule has 0 spiro atoms. The number of aliphatic carboxylic acids is 1. The Balaban J connectivity index is 2.61. The van der Waals surface area contributed by atoms with Crippen LogP contribution in [-0.2, 0) is 4.79 Å². The average Bonchev–Trinajstić information content (AvgIpc) is 2.39. The molecular formula is C14H16O5. The Morgan fingerprint density at radius 1 is 1.32 bits per heavy atom. The molecule has 0 aromatic heterocycles. The molecule has 0 bridgehead atoms. The third-order valence-electron chi connectivity index (χ3n) is 2.21. The van der Waals surface area contributed by atoms with Crippen molar-refractivity contribution in [1.82, 2.24) is 0 Å². The Bertz CT molecular complexity index is 465. The zero-order valence-electron chi connectivity index (χ0n) is 10.7. The van der Waals surface area contributed by atoms with Crippen molar-refractivity contribution in [3.63, 3.8) is 0 Å². The molecule has 0 radical (unpaired) electrons. The lowest BCUT2D eigenvalue weighted by Gasteiger charge is -2.11. The number of rotatable bonds is 8. The van der Waals surface area contributed by atoms with E-state index in [1.54, 1.807) is 18.2 Å². The summed E-state index contributed by atoms with van der Waals surface area (Å²) in [6, 6.07) is 4.91. The molecule has 5 heteroatoms. The summed E-state index contributed by atoms with van der Waals surface area (Å²) in [6.07, 6.45) is 3.81. The molecular weight excluding hydrogens is 248 g/mol. The summed E-state index contributed by atoms with van der Waals surface area (Å²) in [5.74, 6) is 0.0656. The summed E-state index contributed by atoms with van der Waals surface area (Å²) in [5, 5.41) is 8.42. The van der Waals surface area contributed by atoms with Crippen molar-refractivity contribution < 1.29 is 24.2 Å². The maximum atomic E-state index is 10.7. The maximum Gasteiger partial charge on any atom is 0.327 e. The zero-order valence-corrected chi connectivity index (χ0v) is 10.7. The van der Waals surface area contributed by atoms with Crippen LogP contribution >= 0.6 is 0 Å². The molecule has 0 aliphatic heterocycles. The summed E-state index contributed by atoms with van der Waals surface area (Å²) in [7, 11) is 0. The van der Waals surface area contributed by atoms with Crippen LogP contribution in [0.2, 0.25) is 0 Å². The molecule has 1 aromatic carbocycles. The lowest BCUT2D eigenvalue weighted by Crippen LogP contribution is -2.01. The van der Waals surface area contributed by atoms with E-state index in [-0.39, 0.29) is 0 Å². The van der Waals surface area contributed by atoms with Crippen molar-refractivity contribution >= 4 is 12.3 Å². The standard InChI is InChI=1S/C14H16O5/c1-2-18-13-9-11(10-15)6-7-12(13)19-8-4-3-5-14(16)17/h3,5-7,9-10H,2,4,8H2,1H3,(H,16,17). The predicted molar refractivity (Wildman–Crippen MR) is 69.9 cm³/mol. The topological polar surface area (TPSA) is 72.8 Å². The third-order valence-corrected chi connectivity index (χ3v) is 2.21. The molecule has 1 rings (SSSR count). The molecule has 5 nitrogen and oxygen atoms in total. The highest BCUT2D eigenvalue weighted by molar-refractivity contribution is 5.79. The van der Waals surface area contributed by atoms with Gasteiger partial charge >= 0.3 is 5.97 Å². The van der Waals surface area contributed by atoms with Gasteiger partial charge in [0.05, 0.1) is 13.2 Å². The van der Waals surface area contributed by atoms with E-state index in [0.717, 1.165) is 12.4 Å². The second-order valence-electron chi connectivity index (χ2n) is 3.63. The molecule has 1 N–H and O–H groups in total. The summed E-state index contributed by atoms with van der Waals surface area (Å²) < 4.78 is 10.9. The lowest BCUT2D eigenvalue weighted by atomic mass is 10.2. The van der Waals surface area contributed by atoms with Crippen molar-refractivity contribution in [2.75, 3.05) is 13.2 Å². The smallest absolute Gasteiger partial charge is 0.327 e. The Morgan fingerprint density at radius 3 is 2.74 bits per heavy atom. The second-order valence-corrected chi connectivity index (χ2v) is 3.63. The minimum Gasteiger partial charge on any atom is -0.490 e. The number of ether oxygens (including phenoxy) is 2. The van der Waals surface area contributed by atoms with Gasteiger partial charge in [-0.3, -0.25) is 4.79 Å². The molecule has 102 valence electrons. The maximum absolute atomic E-state index is 10.7. The van der Waals surface area contributed by atoms with E-state index < -0.39 is 5.97 Å². The van der Waals surface area contributed by atoms with Gasteiger partial charge in [-0.15, -0.1) is 0 Å². The number of benzene rings is 1. The molecule has 0 fully saturated rings. The Kier molecular flexibility index (Phi) is 6.15. The average molecular weight is 264 g/mol. The largest absolute Gasteiger partial charge is 0.490 e. The van der Waals surface area contributed by atoms with Crippen LogP contribution in [0.25, 0.3) is 0 Å². The molecule has 0 atom stereocenters. The molecule has 1 aromatic rings. The highest BCUT2D eigenvalue weighted by atomic mass is 16.5. The van der Waals surface area contributed by atoms with Gasteiger partial charge in [0.25, 0.3) is 0 Å². The number of hydrogen-bond acceptors (Lipinski definition) is 4. The van der Waals surface area contributed by atoms with E-state index in [2.05, 4.69) is 0 Å². The predicted octanol–water partition coefficient (Wildman–Crippen LogP) is 2.31. The van der Waals surface area contributed by atoms with Crippen LogP contribution in [0.3, 0.4) is 0 Å². The fraction of sp³-hybridized carbons (Fsp3) is 0.286. The molecule has 0 unspecified atom stereocenters. The quantitative estimate of drug-likeness (QED) is 0.443. The van der Waals surface area contributed by atoms with Crippen molar-refractivity contribution in [2.24, 2.45) is 0 Å². The third kappa shape index (κ3) is 5.25. The van der Waals surface area contributed by atoms with Crippen molar-refractivity contribution in [3.05, 3.63) is 35.9 Å². The number of carbonyl (C=O) groups is 2. The van der Waals surface area contributed by atoms with Gasteiger partial charge in [0.1, 0.15) is 6.29 Å². The highest BCUT2D eigenvalue weighted by Gasteiger charge is 2.05. The molecule has 0 saturated carbocycles. The SMILES string of the molecule is CCOc1cc(C=O)ccc1OCCC=CC(=O)O. The Hall–Kier alpha value is -2.30. The number of aldehydes is 1. The fourth-order valence-electron chi connectivity index (χ4n) is 1.41. The van der Waals surface area contributed by atoms with Crippen LogP contribution in [-0.4, -0.2) is 30.6 Å². The first-order chi connectivity index (χ1) is 9.17. The van der Waals surface area contributed by atoms with Gasteiger partial charge in [0.15, 0.2) is 11.5 Å². The van der Waals surface area contributed by atoms with Crippen molar-refractivity contribution in [1.29, 1.82) is 0 Å². The van der Waals surface area contributed by atoms with Crippen LogP contribution < -0.4 is 9.47 Å². The van der Waals surface area contributed by atoms with Gasteiger partial charge in [0, 0.05) is 11.6 Å². The molecule has 0 aliphatic rings. The molecule has 0 aliphatic carbocycles. The molecule has 0 amide bonds. The van der Waals surface area contributed by atoms with Crippen LogP contribution in [0.15, 0.2) is 30.4 Å². The van der Waals surface area contributed by atoms with Gasteiger partial charge in [-0.05, 0) is 31.5 Å². The molecule has 0 heterocycles. The summed E-state index contributed by atoms with van der Waals surface area (Å²) in [6.45, 7) is 2.65. The van der Waals surface area contributed by atoms with Gasteiger partial charge in [-0.1, -0.05) is 6.08 Å². The van der Waals surface area contributed by atoms with Gasteiger partial charge in [-0.25, -0.2) is 4.79 Å². The normalized spacial score (nSPS) is 10.4. The second kappa shape index (κ2) is 7.92. The first kappa shape index (κ1) is 14.8. The fourth-order valence-corrected chi connectivity index (χ4v) is 1.41. The van der Waals surface area contributed by atoms with Crippen LogP contribution in [0, 0.1) is 0 Å². The number of carboxylic acid groups (broad SMARTS) is 1.